The van der Waals surface area contributed by atoms with Gasteiger partial charge in [-0.05, 0) is 45.9 Å². The van der Waals surface area contributed by atoms with Gasteiger partial charge in [-0.15, -0.1) is 0 Å². The Balaban J connectivity index is 2.48. The van der Waals surface area contributed by atoms with Gasteiger partial charge < -0.3 is 24.5 Å². The molecule has 1 heterocycles. The predicted molar refractivity (Wildman–Crippen MR) is 98.7 cm³/mol. The van der Waals surface area contributed by atoms with Gasteiger partial charge in [-0.3, -0.25) is 4.79 Å². The number of carbonyl (C=O) groups excluding carboxylic acids is 1. The number of methoxy groups -OCH3 is 2. The molecular weight excluding hydrogens is 336 g/mol. The standard InChI is InChI=1S/C19H24N2O5/c1-10(2)21-11(3)7-14(12(21)4)18(22)20-15-8-13(19(23)24)9-16(25-5)17(15)26-6/h7-10H,1-6H3,(H,20,22)(H,23,24). The molecule has 2 N–H and O–H groups in total. The van der Waals surface area contributed by atoms with Gasteiger partial charge in [-0.25, -0.2) is 4.79 Å². The third-order valence-electron chi connectivity index (χ3n) is 4.22. The van der Waals surface area contributed by atoms with E-state index < -0.39 is 5.97 Å². The first-order chi connectivity index (χ1) is 12.2. The van der Waals surface area contributed by atoms with Crippen LogP contribution in [0.15, 0.2) is 18.2 Å². The molecule has 0 spiro atoms. The topological polar surface area (TPSA) is 89.8 Å². The summed E-state index contributed by atoms with van der Waals surface area (Å²) in [6.07, 6.45) is 0. The maximum absolute atomic E-state index is 12.8. The predicted octanol–water partition coefficient (Wildman–Crippen LogP) is 3.65. The highest BCUT2D eigenvalue weighted by Gasteiger charge is 2.21. The lowest BCUT2D eigenvalue weighted by Gasteiger charge is -2.16. The molecule has 0 aliphatic carbocycles. The Hall–Kier alpha value is -2.96. The van der Waals surface area contributed by atoms with E-state index in [0.717, 1.165) is 11.4 Å². The minimum Gasteiger partial charge on any atom is -0.493 e. The fraction of sp³-hybridized carbons (Fsp3) is 0.368. The first-order valence-corrected chi connectivity index (χ1v) is 8.20. The summed E-state index contributed by atoms with van der Waals surface area (Å²) in [5.74, 6) is -0.966. The average molecular weight is 360 g/mol. The summed E-state index contributed by atoms with van der Waals surface area (Å²) < 4.78 is 12.6. The third kappa shape index (κ3) is 3.51. The minimum atomic E-state index is -1.13. The van der Waals surface area contributed by atoms with Gasteiger partial charge in [0.2, 0.25) is 0 Å². The summed E-state index contributed by atoms with van der Waals surface area (Å²) in [7, 11) is 2.84. The number of benzene rings is 1. The number of anilines is 1. The molecule has 0 bridgehead atoms. The molecule has 0 aliphatic rings. The molecule has 0 radical (unpaired) electrons. The number of carboxylic acids is 1. The van der Waals surface area contributed by atoms with Crippen LogP contribution < -0.4 is 14.8 Å². The largest absolute Gasteiger partial charge is 0.493 e. The van der Waals surface area contributed by atoms with Crippen molar-refractivity contribution >= 4 is 17.6 Å². The number of aromatic nitrogens is 1. The fourth-order valence-corrected chi connectivity index (χ4v) is 3.17. The molecular formula is C19H24N2O5. The van der Waals surface area contributed by atoms with Gasteiger partial charge in [-0.1, -0.05) is 0 Å². The van der Waals surface area contributed by atoms with Crippen molar-refractivity contribution in [2.75, 3.05) is 19.5 Å². The molecule has 0 atom stereocenters. The van der Waals surface area contributed by atoms with Crippen molar-refractivity contribution in [2.24, 2.45) is 0 Å². The smallest absolute Gasteiger partial charge is 0.335 e. The highest BCUT2D eigenvalue weighted by atomic mass is 16.5. The SMILES string of the molecule is COc1cc(C(=O)O)cc(NC(=O)c2cc(C)n(C(C)C)c2C)c1OC. The average Bonchev–Trinajstić information content (AvgIpc) is 2.88. The summed E-state index contributed by atoms with van der Waals surface area (Å²) in [5, 5.41) is 12.0. The van der Waals surface area contributed by atoms with E-state index in [1.807, 2.05) is 33.8 Å². The van der Waals surface area contributed by atoms with Crippen LogP contribution in [0.2, 0.25) is 0 Å². The number of amides is 1. The van der Waals surface area contributed by atoms with Crippen LogP contribution in [0.5, 0.6) is 11.5 Å². The van der Waals surface area contributed by atoms with Gasteiger partial charge in [-0.2, -0.15) is 0 Å². The second kappa shape index (κ2) is 7.51. The number of nitrogens with one attached hydrogen (secondary N) is 1. The number of ether oxygens (including phenoxy) is 2. The van der Waals surface area contributed by atoms with Crippen molar-refractivity contribution in [3.05, 3.63) is 40.7 Å². The Morgan fingerprint density at radius 3 is 2.23 bits per heavy atom. The molecule has 1 aromatic carbocycles. The maximum Gasteiger partial charge on any atom is 0.335 e. The van der Waals surface area contributed by atoms with Crippen LogP contribution in [0.25, 0.3) is 0 Å². The molecule has 2 rings (SSSR count). The number of rotatable bonds is 6. The molecule has 1 aromatic heterocycles. The van der Waals surface area contributed by atoms with Gasteiger partial charge in [0.25, 0.3) is 5.91 Å². The van der Waals surface area contributed by atoms with Crippen LogP contribution in [0.3, 0.4) is 0 Å². The van der Waals surface area contributed by atoms with Crippen molar-refractivity contribution in [1.29, 1.82) is 0 Å². The molecule has 26 heavy (non-hydrogen) atoms. The molecule has 0 fully saturated rings. The number of aromatic carboxylic acids is 1. The first-order valence-electron chi connectivity index (χ1n) is 8.20. The van der Waals surface area contributed by atoms with Crippen molar-refractivity contribution in [2.45, 2.75) is 33.7 Å². The van der Waals surface area contributed by atoms with Gasteiger partial charge in [0.05, 0.1) is 31.0 Å². The molecule has 0 saturated carbocycles. The van der Waals surface area contributed by atoms with Crippen molar-refractivity contribution in [3.63, 3.8) is 0 Å². The lowest BCUT2D eigenvalue weighted by molar-refractivity contribution is 0.0696. The Kier molecular flexibility index (Phi) is 5.59. The Morgan fingerprint density at radius 2 is 1.77 bits per heavy atom. The summed E-state index contributed by atoms with van der Waals surface area (Å²) in [5.41, 5.74) is 2.58. The zero-order valence-electron chi connectivity index (χ0n) is 15.8. The van der Waals surface area contributed by atoms with E-state index in [0.29, 0.717) is 5.56 Å². The molecule has 1 amide bonds. The van der Waals surface area contributed by atoms with Crippen LogP contribution in [-0.2, 0) is 0 Å². The number of hydrogen-bond acceptors (Lipinski definition) is 4. The van der Waals surface area contributed by atoms with E-state index in [1.165, 1.54) is 26.4 Å². The van der Waals surface area contributed by atoms with E-state index in [2.05, 4.69) is 9.88 Å². The fourth-order valence-electron chi connectivity index (χ4n) is 3.17. The van der Waals surface area contributed by atoms with Crippen LogP contribution in [0.4, 0.5) is 5.69 Å². The summed E-state index contributed by atoms with van der Waals surface area (Å²) >= 11 is 0. The van der Waals surface area contributed by atoms with Crippen LogP contribution in [0, 0.1) is 13.8 Å². The molecule has 140 valence electrons. The van der Waals surface area contributed by atoms with Crippen molar-refractivity contribution in [1.82, 2.24) is 4.57 Å². The molecule has 0 aliphatic heterocycles. The minimum absolute atomic E-state index is 0.00870. The number of carbonyl (C=O) groups is 2. The number of carboxylic acid groups (broad SMARTS) is 1. The quantitative estimate of drug-likeness (QED) is 0.821. The van der Waals surface area contributed by atoms with Crippen molar-refractivity contribution < 1.29 is 24.2 Å². The van der Waals surface area contributed by atoms with Crippen LogP contribution in [-0.4, -0.2) is 35.8 Å². The number of nitrogens with zero attached hydrogens (tertiary/aromatic N) is 1. The monoisotopic (exact) mass is 360 g/mol. The van der Waals surface area contributed by atoms with Gasteiger partial charge >= 0.3 is 5.97 Å². The van der Waals surface area contributed by atoms with E-state index in [1.54, 1.807) is 0 Å². The summed E-state index contributed by atoms with van der Waals surface area (Å²) in [6, 6.07) is 4.74. The molecule has 7 nitrogen and oxygen atoms in total. The number of hydrogen-bond donors (Lipinski definition) is 2. The molecule has 2 aromatic rings. The first kappa shape index (κ1) is 19.4. The van der Waals surface area contributed by atoms with E-state index in [4.69, 9.17) is 9.47 Å². The highest BCUT2D eigenvalue weighted by Crippen LogP contribution is 2.37. The van der Waals surface area contributed by atoms with Gasteiger partial charge in [0.1, 0.15) is 0 Å². The molecule has 0 unspecified atom stereocenters. The third-order valence-corrected chi connectivity index (χ3v) is 4.22. The highest BCUT2D eigenvalue weighted by molar-refractivity contribution is 6.07. The lowest BCUT2D eigenvalue weighted by Crippen LogP contribution is -2.15. The normalized spacial score (nSPS) is 10.7. The zero-order valence-corrected chi connectivity index (χ0v) is 15.8. The second-order valence-corrected chi connectivity index (χ2v) is 6.27. The molecule has 0 saturated heterocycles. The van der Waals surface area contributed by atoms with Gasteiger partial charge in [0, 0.05) is 17.4 Å². The van der Waals surface area contributed by atoms with Crippen LogP contribution >= 0.6 is 0 Å². The number of aryl methyl sites for hydroxylation is 1. The lowest BCUT2D eigenvalue weighted by atomic mass is 10.1. The van der Waals surface area contributed by atoms with E-state index >= 15 is 0 Å². The zero-order chi connectivity index (χ0) is 19.6. The molecule has 7 heteroatoms. The van der Waals surface area contributed by atoms with Gasteiger partial charge in [0.15, 0.2) is 11.5 Å². The summed E-state index contributed by atoms with van der Waals surface area (Å²) in [4.78, 5) is 24.1. The maximum atomic E-state index is 12.8. The summed E-state index contributed by atoms with van der Waals surface area (Å²) in [6.45, 7) is 7.92. The Morgan fingerprint density at radius 1 is 1.12 bits per heavy atom. The van der Waals surface area contributed by atoms with E-state index in [-0.39, 0.29) is 34.7 Å². The second-order valence-electron chi connectivity index (χ2n) is 6.27. The Labute approximate surface area is 152 Å². The van der Waals surface area contributed by atoms with E-state index in [9.17, 15) is 14.7 Å². The van der Waals surface area contributed by atoms with Crippen molar-refractivity contribution in [3.8, 4) is 11.5 Å². The van der Waals surface area contributed by atoms with Crippen LogP contribution in [0.1, 0.15) is 52.0 Å². The Bertz CT molecular complexity index is 852.